The minimum Gasteiger partial charge on any atom is -0.260 e. The summed E-state index contributed by atoms with van der Waals surface area (Å²) < 4.78 is 33.3. The predicted octanol–water partition coefficient (Wildman–Crippen LogP) is 1.70. The van der Waals surface area contributed by atoms with Crippen molar-refractivity contribution in [2.24, 2.45) is 0 Å². The minimum absolute atomic E-state index is 0.167. The summed E-state index contributed by atoms with van der Waals surface area (Å²) in [4.78, 5) is 3.16. The van der Waals surface area contributed by atoms with E-state index in [1.807, 2.05) is 0 Å². The Morgan fingerprint density at radius 1 is 1.58 bits per heavy atom. The highest BCUT2D eigenvalue weighted by atomic mass is 35.5. The summed E-state index contributed by atoms with van der Waals surface area (Å²) in [6, 6.07) is 1.02. The van der Waals surface area contributed by atoms with Crippen molar-refractivity contribution in [3.05, 3.63) is 23.0 Å². The highest BCUT2D eigenvalue weighted by Gasteiger charge is 2.17. The summed E-state index contributed by atoms with van der Waals surface area (Å²) >= 11 is 5.50. The zero-order valence-electron chi connectivity index (χ0n) is 6.08. The number of halogens is 2. The molecule has 0 aliphatic carbocycles. The van der Waals surface area contributed by atoms with Crippen LogP contribution in [0.4, 0.5) is 3.89 Å². The molecular formula is C6H5ClFNO2S. The number of nitrogens with zero attached hydrogens (tertiary/aromatic N) is 1. The Morgan fingerprint density at radius 3 is 2.58 bits per heavy atom. The van der Waals surface area contributed by atoms with Crippen molar-refractivity contribution >= 4 is 21.8 Å². The first-order valence-electron chi connectivity index (χ1n) is 2.98. The molecule has 0 saturated carbocycles. The lowest BCUT2D eigenvalue weighted by Gasteiger charge is -1.99. The van der Waals surface area contributed by atoms with Crippen molar-refractivity contribution in [2.75, 3.05) is 0 Å². The van der Waals surface area contributed by atoms with Crippen LogP contribution in [0, 0.1) is 6.92 Å². The molecule has 66 valence electrons. The first-order valence-corrected chi connectivity index (χ1v) is 4.75. The highest BCUT2D eigenvalue weighted by Crippen LogP contribution is 2.24. The van der Waals surface area contributed by atoms with Gasteiger partial charge in [-0.2, -0.15) is 8.42 Å². The molecule has 0 aromatic carbocycles. The fourth-order valence-corrected chi connectivity index (χ4v) is 1.69. The molecule has 1 heterocycles. The third kappa shape index (κ3) is 1.73. The van der Waals surface area contributed by atoms with E-state index in [0.29, 0.717) is 0 Å². The highest BCUT2D eigenvalue weighted by molar-refractivity contribution is 7.86. The molecule has 0 amide bonds. The molecule has 0 unspecified atom stereocenters. The molecular weight excluding hydrogens is 205 g/mol. The molecule has 0 N–H and O–H groups in total. The Balaban J connectivity index is 3.47. The van der Waals surface area contributed by atoms with E-state index in [1.54, 1.807) is 0 Å². The summed E-state index contributed by atoms with van der Waals surface area (Å²) in [5, 5.41) is -0.167. The summed E-state index contributed by atoms with van der Waals surface area (Å²) in [6.45, 7) is 1.50. The van der Waals surface area contributed by atoms with Crippen LogP contribution in [0.3, 0.4) is 0 Å². The average molecular weight is 210 g/mol. The molecule has 1 rings (SSSR count). The van der Waals surface area contributed by atoms with Gasteiger partial charge in [-0.3, -0.25) is 4.98 Å². The van der Waals surface area contributed by atoms with E-state index < -0.39 is 15.1 Å². The van der Waals surface area contributed by atoms with E-state index in [-0.39, 0.29) is 10.7 Å². The van der Waals surface area contributed by atoms with Crippen LogP contribution in [0.25, 0.3) is 0 Å². The number of pyridine rings is 1. The Kier molecular flexibility index (Phi) is 2.34. The van der Waals surface area contributed by atoms with Crippen molar-refractivity contribution in [1.29, 1.82) is 0 Å². The van der Waals surface area contributed by atoms with Crippen molar-refractivity contribution in [2.45, 2.75) is 11.8 Å². The molecule has 0 radical (unpaired) electrons. The fourth-order valence-electron chi connectivity index (χ4n) is 0.713. The lowest BCUT2D eigenvalue weighted by Crippen LogP contribution is -1.95. The van der Waals surface area contributed by atoms with Crippen molar-refractivity contribution in [3.63, 3.8) is 0 Å². The number of hydrogen-bond acceptors (Lipinski definition) is 3. The van der Waals surface area contributed by atoms with Gasteiger partial charge in [0.25, 0.3) is 0 Å². The SMILES string of the molecule is Cc1nccc(S(=O)(=O)F)c1Cl. The van der Waals surface area contributed by atoms with Gasteiger partial charge in [-0.15, -0.1) is 3.89 Å². The second-order valence-electron chi connectivity index (χ2n) is 2.15. The second kappa shape index (κ2) is 2.99. The molecule has 3 nitrogen and oxygen atoms in total. The van der Waals surface area contributed by atoms with E-state index in [2.05, 4.69) is 4.98 Å². The minimum atomic E-state index is -4.73. The lowest BCUT2D eigenvalue weighted by atomic mass is 10.4. The van der Waals surface area contributed by atoms with Crippen LogP contribution in [-0.4, -0.2) is 13.4 Å². The number of aryl methyl sites for hydroxylation is 1. The topological polar surface area (TPSA) is 47.0 Å². The van der Waals surface area contributed by atoms with Crippen molar-refractivity contribution < 1.29 is 12.3 Å². The van der Waals surface area contributed by atoms with Crippen LogP contribution in [-0.2, 0) is 10.2 Å². The first-order chi connectivity index (χ1) is 5.43. The van der Waals surface area contributed by atoms with Crippen LogP contribution < -0.4 is 0 Å². The van der Waals surface area contributed by atoms with Gasteiger partial charge in [0.2, 0.25) is 0 Å². The number of rotatable bonds is 1. The summed E-state index contributed by atoms with van der Waals surface area (Å²) in [6.07, 6.45) is 1.19. The van der Waals surface area contributed by atoms with E-state index in [4.69, 9.17) is 11.6 Å². The Hall–Kier alpha value is -0.680. The molecule has 0 aliphatic heterocycles. The van der Waals surface area contributed by atoms with Crippen LogP contribution in [0.15, 0.2) is 17.2 Å². The van der Waals surface area contributed by atoms with Crippen molar-refractivity contribution in [1.82, 2.24) is 4.98 Å². The molecule has 0 atom stereocenters. The first kappa shape index (κ1) is 9.41. The fraction of sp³-hybridized carbons (Fsp3) is 0.167. The zero-order chi connectivity index (χ0) is 9.35. The monoisotopic (exact) mass is 209 g/mol. The quantitative estimate of drug-likeness (QED) is 0.662. The Morgan fingerprint density at radius 2 is 2.17 bits per heavy atom. The van der Waals surface area contributed by atoms with Crippen LogP contribution in [0.5, 0.6) is 0 Å². The maximum absolute atomic E-state index is 12.4. The van der Waals surface area contributed by atoms with Gasteiger partial charge in [0.1, 0.15) is 4.90 Å². The Bertz CT molecular complexity index is 404. The largest absolute Gasteiger partial charge is 0.333 e. The van der Waals surface area contributed by atoms with E-state index in [1.165, 1.54) is 13.1 Å². The molecule has 0 aliphatic rings. The van der Waals surface area contributed by atoms with Crippen molar-refractivity contribution in [3.8, 4) is 0 Å². The standard InChI is InChI=1S/C6H5ClFNO2S/c1-4-6(7)5(2-3-9-4)12(8,10)11/h2-3H,1H3. The molecule has 1 aromatic rings. The third-order valence-electron chi connectivity index (χ3n) is 1.29. The van der Waals surface area contributed by atoms with Crippen LogP contribution in [0.2, 0.25) is 5.02 Å². The molecule has 0 bridgehead atoms. The number of aromatic nitrogens is 1. The maximum Gasteiger partial charge on any atom is 0.333 e. The summed E-state index contributed by atoms with van der Waals surface area (Å²) in [5.41, 5.74) is 0.287. The normalized spacial score (nSPS) is 11.6. The van der Waals surface area contributed by atoms with Gasteiger partial charge in [-0.1, -0.05) is 11.6 Å². The molecule has 0 fully saturated rings. The Labute approximate surface area is 74.4 Å². The van der Waals surface area contributed by atoms with Gasteiger partial charge in [-0.05, 0) is 13.0 Å². The second-order valence-corrected chi connectivity index (χ2v) is 3.84. The van der Waals surface area contributed by atoms with Gasteiger partial charge in [-0.25, -0.2) is 0 Å². The van der Waals surface area contributed by atoms with E-state index >= 15 is 0 Å². The summed E-state index contributed by atoms with van der Waals surface area (Å²) in [5.74, 6) is 0. The molecule has 0 saturated heterocycles. The molecule has 0 spiro atoms. The van der Waals surface area contributed by atoms with Gasteiger partial charge in [0.15, 0.2) is 0 Å². The van der Waals surface area contributed by atoms with E-state index in [0.717, 1.165) is 6.07 Å². The van der Waals surface area contributed by atoms with Crippen LogP contribution in [0.1, 0.15) is 5.69 Å². The molecule has 12 heavy (non-hydrogen) atoms. The smallest absolute Gasteiger partial charge is 0.260 e. The van der Waals surface area contributed by atoms with Gasteiger partial charge >= 0.3 is 10.2 Å². The number of hydrogen-bond donors (Lipinski definition) is 0. The van der Waals surface area contributed by atoms with Gasteiger partial charge in [0.05, 0.1) is 10.7 Å². The van der Waals surface area contributed by atoms with Gasteiger partial charge < -0.3 is 0 Å². The summed E-state index contributed by atoms with van der Waals surface area (Å²) in [7, 11) is -4.73. The molecule has 6 heteroatoms. The van der Waals surface area contributed by atoms with E-state index in [9.17, 15) is 12.3 Å². The lowest BCUT2D eigenvalue weighted by molar-refractivity contribution is 0.552. The molecule has 1 aromatic heterocycles. The zero-order valence-corrected chi connectivity index (χ0v) is 7.66. The average Bonchev–Trinajstić information content (AvgIpc) is 1.92. The van der Waals surface area contributed by atoms with Gasteiger partial charge in [0, 0.05) is 6.20 Å². The predicted molar refractivity (Wildman–Crippen MR) is 42.3 cm³/mol. The van der Waals surface area contributed by atoms with Crippen LogP contribution >= 0.6 is 11.6 Å². The maximum atomic E-state index is 12.4. The third-order valence-corrected chi connectivity index (χ3v) is 2.75.